The van der Waals surface area contributed by atoms with Gasteiger partial charge in [0.1, 0.15) is 6.33 Å². The molecular formula is C22H23ClN4O. The maximum absolute atomic E-state index is 12.6. The van der Waals surface area contributed by atoms with Gasteiger partial charge in [0.05, 0.1) is 28.8 Å². The molecule has 0 atom stereocenters. The average molecular weight is 395 g/mol. The molecule has 2 aromatic carbocycles. The van der Waals surface area contributed by atoms with Crippen LogP contribution in [0.15, 0.2) is 61.2 Å². The van der Waals surface area contributed by atoms with Gasteiger partial charge in [-0.1, -0.05) is 43.1 Å². The third-order valence-electron chi connectivity index (χ3n) is 4.18. The molecule has 0 aliphatic carbocycles. The van der Waals surface area contributed by atoms with Crippen LogP contribution >= 0.6 is 11.6 Å². The number of aryl methyl sites for hydroxylation is 1. The number of hydrogen-bond donors (Lipinski definition) is 1. The number of nitrogens with zero attached hydrogens (tertiary/aromatic N) is 3. The largest absolute Gasteiger partial charge is 0.337 e. The molecule has 0 bridgehead atoms. The zero-order chi connectivity index (χ0) is 20.1. The van der Waals surface area contributed by atoms with E-state index in [0.29, 0.717) is 22.2 Å². The van der Waals surface area contributed by atoms with Gasteiger partial charge in [0.25, 0.3) is 5.91 Å². The molecule has 3 aromatic rings. The molecule has 0 aliphatic heterocycles. The molecule has 0 saturated carbocycles. The van der Waals surface area contributed by atoms with Crippen molar-refractivity contribution in [3.63, 3.8) is 0 Å². The van der Waals surface area contributed by atoms with Gasteiger partial charge in [-0.05, 0) is 43.2 Å². The molecule has 144 valence electrons. The summed E-state index contributed by atoms with van der Waals surface area (Å²) in [4.78, 5) is 22.9. The van der Waals surface area contributed by atoms with E-state index in [4.69, 9.17) is 11.6 Å². The Morgan fingerprint density at radius 2 is 1.89 bits per heavy atom. The number of rotatable bonds is 6. The summed E-state index contributed by atoms with van der Waals surface area (Å²) in [6, 6.07) is 13.0. The molecular weight excluding hydrogens is 372 g/mol. The van der Waals surface area contributed by atoms with Crippen LogP contribution in [0.2, 0.25) is 5.02 Å². The monoisotopic (exact) mass is 394 g/mol. The first kappa shape index (κ1) is 19.8. The standard InChI is InChI=1S/C22H23ClN4O/c1-15(2)13-27(19-11-24-14-25-12-19)21-10-18(7-8-20(21)23)26-22(28)17-6-4-5-16(3)9-17/h4-12,14-15H,13H2,1-3H3,(H,26,28). The molecule has 1 amide bonds. The molecule has 1 N–H and O–H groups in total. The predicted octanol–water partition coefficient (Wildman–Crippen LogP) is 5.48. The molecule has 6 heteroatoms. The summed E-state index contributed by atoms with van der Waals surface area (Å²) in [6.07, 6.45) is 5.00. The van der Waals surface area contributed by atoms with Crippen molar-refractivity contribution in [2.45, 2.75) is 20.8 Å². The number of benzene rings is 2. The highest BCUT2D eigenvalue weighted by Crippen LogP contribution is 2.34. The lowest BCUT2D eigenvalue weighted by Gasteiger charge is -2.27. The predicted molar refractivity (Wildman–Crippen MR) is 114 cm³/mol. The molecule has 5 nitrogen and oxygen atoms in total. The Labute approximate surface area is 170 Å². The third-order valence-corrected chi connectivity index (χ3v) is 4.50. The molecule has 0 fully saturated rings. The number of amides is 1. The van der Waals surface area contributed by atoms with E-state index in [1.165, 1.54) is 6.33 Å². The minimum Gasteiger partial charge on any atom is -0.337 e. The highest BCUT2D eigenvalue weighted by molar-refractivity contribution is 6.33. The Morgan fingerprint density at radius 3 is 2.57 bits per heavy atom. The number of halogens is 1. The highest BCUT2D eigenvalue weighted by Gasteiger charge is 2.16. The molecule has 3 rings (SSSR count). The van der Waals surface area contributed by atoms with Crippen LogP contribution in [-0.2, 0) is 0 Å². The second kappa shape index (κ2) is 8.85. The van der Waals surface area contributed by atoms with E-state index in [-0.39, 0.29) is 5.91 Å². The summed E-state index contributed by atoms with van der Waals surface area (Å²) in [5.41, 5.74) is 3.98. The van der Waals surface area contributed by atoms with Crippen molar-refractivity contribution in [1.82, 2.24) is 9.97 Å². The van der Waals surface area contributed by atoms with Gasteiger partial charge in [0, 0.05) is 17.8 Å². The fourth-order valence-corrected chi connectivity index (χ4v) is 3.15. The normalized spacial score (nSPS) is 10.8. The minimum absolute atomic E-state index is 0.157. The van der Waals surface area contributed by atoms with Crippen molar-refractivity contribution in [2.24, 2.45) is 5.92 Å². The molecule has 28 heavy (non-hydrogen) atoms. The van der Waals surface area contributed by atoms with E-state index >= 15 is 0 Å². The fraction of sp³-hybridized carbons (Fsp3) is 0.227. The zero-order valence-corrected chi connectivity index (χ0v) is 16.9. The third kappa shape index (κ3) is 4.87. The molecule has 0 aliphatic rings. The van der Waals surface area contributed by atoms with Crippen LogP contribution in [0.1, 0.15) is 29.8 Å². The molecule has 0 radical (unpaired) electrons. The van der Waals surface area contributed by atoms with Crippen LogP contribution in [0, 0.1) is 12.8 Å². The van der Waals surface area contributed by atoms with Gasteiger partial charge in [-0.2, -0.15) is 0 Å². The summed E-state index contributed by atoms with van der Waals surface area (Å²) < 4.78 is 0. The van der Waals surface area contributed by atoms with Crippen molar-refractivity contribution >= 4 is 34.6 Å². The van der Waals surface area contributed by atoms with E-state index < -0.39 is 0 Å². The molecule has 0 spiro atoms. The van der Waals surface area contributed by atoms with Gasteiger partial charge in [-0.15, -0.1) is 0 Å². The Morgan fingerprint density at radius 1 is 1.14 bits per heavy atom. The maximum Gasteiger partial charge on any atom is 0.255 e. The quantitative estimate of drug-likeness (QED) is 0.601. The van der Waals surface area contributed by atoms with Crippen LogP contribution < -0.4 is 10.2 Å². The van der Waals surface area contributed by atoms with Crippen LogP contribution in [0.25, 0.3) is 0 Å². The van der Waals surface area contributed by atoms with Crippen LogP contribution in [0.5, 0.6) is 0 Å². The van der Waals surface area contributed by atoms with E-state index in [9.17, 15) is 4.79 Å². The Hall–Kier alpha value is -2.92. The van der Waals surface area contributed by atoms with E-state index in [0.717, 1.165) is 23.5 Å². The lowest BCUT2D eigenvalue weighted by atomic mass is 10.1. The van der Waals surface area contributed by atoms with Crippen LogP contribution in [0.3, 0.4) is 0 Å². The second-order valence-corrected chi connectivity index (χ2v) is 7.50. The number of carbonyl (C=O) groups excluding carboxylic acids is 1. The Kier molecular flexibility index (Phi) is 6.26. The number of aromatic nitrogens is 2. The maximum atomic E-state index is 12.6. The van der Waals surface area contributed by atoms with Crippen molar-refractivity contribution < 1.29 is 4.79 Å². The van der Waals surface area contributed by atoms with Crippen LogP contribution in [-0.4, -0.2) is 22.4 Å². The van der Waals surface area contributed by atoms with E-state index in [1.807, 2.05) is 31.2 Å². The zero-order valence-electron chi connectivity index (χ0n) is 16.2. The van der Waals surface area contributed by atoms with Crippen molar-refractivity contribution in [3.05, 3.63) is 77.3 Å². The van der Waals surface area contributed by atoms with Gasteiger partial charge in [0.2, 0.25) is 0 Å². The van der Waals surface area contributed by atoms with Crippen LogP contribution in [0.4, 0.5) is 17.1 Å². The lowest BCUT2D eigenvalue weighted by molar-refractivity contribution is 0.102. The lowest BCUT2D eigenvalue weighted by Crippen LogP contribution is -2.23. The van der Waals surface area contributed by atoms with Crippen molar-refractivity contribution in [3.8, 4) is 0 Å². The van der Waals surface area contributed by atoms with E-state index in [1.54, 1.807) is 30.6 Å². The summed E-state index contributed by atoms with van der Waals surface area (Å²) in [6.45, 7) is 6.97. The summed E-state index contributed by atoms with van der Waals surface area (Å²) in [5, 5.41) is 3.55. The number of anilines is 3. The number of hydrogen-bond acceptors (Lipinski definition) is 4. The van der Waals surface area contributed by atoms with Gasteiger partial charge < -0.3 is 10.2 Å². The Bertz CT molecular complexity index is 960. The van der Waals surface area contributed by atoms with Crippen molar-refractivity contribution in [1.29, 1.82) is 0 Å². The smallest absolute Gasteiger partial charge is 0.255 e. The van der Waals surface area contributed by atoms with Gasteiger partial charge in [-0.3, -0.25) is 4.79 Å². The van der Waals surface area contributed by atoms with Crippen molar-refractivity contribution in [2.75, 3.05) is 16.8 Å². The molecule has 1 aromatic heterocycles. The highest BCUT2D eigenvalue weighted by atomic mass is 35.5. The molecule has 0 unspecified atom stereocenters. The molecule has 1 heterocycles. The SMILES string of the molecule is Cc1cccc(C(=O)Nc2ccc(Cl)c(N(CC(C)C)c3cncnc3)c2)c1. The topological polar surface area (TPSA) is 58.1 Å². The summed E-state index contributed by atoms with van der Waals surface area (Å²) in [7, 11) is 0. The first-order valence-corrected chi connectivity index (χ1v) is 9.52. The Balaban J connectivity index is 1.92. The van der Waals surface area contributed by atoms with Gasteiger partial charge in [0.15, 0.2) is 0 Å². The van der Waals surface area contributed by atoms with Gasteiger partial charge in [-0.25, -0.2) is 9.97 Å². The number of carbonyl (C=O) groups is 1. The van der Waals surface area contributed by atoms with Gasteiger partial charge >= 0.3 is 0 Å². The number of nitrogens with one attached hydrogen (secondary N) is 1. The fourth-order valence-electron chi connectivity index (χ4n) is 2.93. The average Bonchev–Trinajstić information content (AvgIpc) is 2.68. The summed E-state index contributed by atoms with van der Waals surface area (Å²) >= 11 is 6.50. The first-order valence-electron chi connectivity index (χ1n) is 9.14. The first-order chi connectivity index (χ1) is 13.4. The molecule has 0 saturated heterocycles. The van der Waals surface area contributed by atoms with E-state index in [2.05, 4.69) is 34.0 Å². The second-order valence-electron chi connectivity index (χ2n) is 7.09. The summed E-state index contributed by atoms with van der Waals surface area (Å²) in [5.74, 6) is 0.234. The minimum atomic E-state index is -0.157.